The van der Waals surface area contributed by atoms with Gasteiger partial charge < -0.3 is 4.57 Å². The van der Waals surface area contributed by atoms with Crippen molar-refractivity contribution in [2.24, 2.45) is 5.14 Å². The third kappa shape index (κ3) is 2.18. The smallest absolute Gasteiger partial charge is 0.277 e. The molecule has 0 amide bonds. The summed E-state index contributed by atoms with van der Waals surface area (Å²) in [5, 5.41) is 5.35. The van der Waals surface area contributed by atoms with Crippen LogP contribution < -0.4 is 5.14 Å². The van der Waals surface area contributed by atoms with Gasteiger partial charge in [-0.05, 0) is 17.7 Å². The van der Waals surface area contributed by atoms with Crippen LogP contribution in [-0.4, -0.2) is 23.8 Å². The van der Waals surface area contributed by atoms with E-state index in [0.717, 1.165) is 11.3 Å². The molecule has 1 unspecified atom stereocenters. The van der Waals surface area contributed by atoms with E-state index >= 15 is 0 Å². The fraction of sp³-hybridized carbons (Fsp3) is 0.231. The average molecular weight is 277 g/mol. The topological polar surface area (TPSA) is 68.3 Å². The van der Waals surface area contributed by atoms with Gasteiger partial charge >= 0.3 is 0 Å². The summed E-state index contributed by atoms with van der Waals surface area (Å²) >= 11 is 0. The van der Waals surface area contributed by atoms with Crippen molar-refractivity contribution in [1.82, 2.24) is 8.87 Å². The van der Waals surface area contributed by atoms with E-state index in [-0.39, 0.29) is 6.04 Å². The fourth-order valence-electron chi connectivity index (χ4n) is 2.61. The van der Waals surface area contributed by atoms with Crippen LogP contribution in [0.5, 0.6) is 0 Å². The summed E-state index contributed by atoms with van der Waals surface area (Å²) in [6, 6.07) is 13.1. The van der Waals surface area contributed by atoms with E-state index in [1.807, 2.05) is 48.7 Å². The van der Waals surface area contributed by atoms with E-state index in [9.17, 15) is 8.42 Å². The summed E-state index contributed by atoms with van der Waals surface area (Å²) in [7, 11) is -3.72. The third-order valence-corrected chi connectivity index (χ3v) is 4.48. The highest BCUT2D eigenvalue weighted by Crippen LogP contribution is 2.33. The molecule has 1 atom stereocenters. The molecule has 1 aromatic heterocycles. The molecular weight excluding hydrogens is 262 g/mol. The van der Waals surface area contributed by atoms with Crippen molar-refractivity contribution in [3.8, 4) is 0 Å². The Labute approximate surface area is 112 Å². The van der Waals surface area contributed by atoms with Crippen LogP contribution in [0.3, 0.4) is 0 Å². The zero-order valence-electron chi connectivity index (χ0n) is 10.3. The van der Waals surface area contributed by atoms with Crippen molar-refractivity contribution in [3.63, 3.8) is 0 Å². The third-order valence-electron chi connectivity index (χ3n) is 3.44. The van der Waals surface area contributed by atoms with Crippen LogP contribution in [0.25, 0.3) is 0 Å². The molecule has 2 heterocycles. The van der Waals surface area contributed by atoms with Gasteiger partial charge in [0.15, 0.2) is 0 Å². The van der Waals surface area contributed by atoms with Crippen LogP contribution in [-0.2, 0) is 16.8 Å². The van der Waals surface area contributed by atoms with Gasteiger partial charge in [0.25, 0.3) is 10.2 Å². The summed E-state index contributed by atoms with van der Waals surface area (Å²) in [5.74, 6) is 0. The highest BCUT2D eigenvalue weighted by atomic mass is 32.2. The van der Waals surface area contributed by atoms with Crippen molar-refractivity contribution < 1.29 is 8.42 Å². The first-order valence-corrected chi connectivity index (χ1v) is 7.57. The number of hydrogen-bond donors (Lipinski definition) is 1. The number of rotatable bonds is 2. The number of nitrogens with two attached hydrogens (primary N) is 1. The van der Waals surface area contributed by atoms with E-state index in [4.69, 9.17) is 5.14 Å². The minimum absolute atomic E-state index is 0.347. The molecule has 6 heteroatoms. The Hall–Kier alpha value is -1.63. The maximum atomic E-state index is 11.8. The predicted octanol–water partition coefficient (Wildman–Crippen LogP) is 1.10. The SMILES string of the molecule is NS(=O)(=O)N1CCn2cccc2C1c1ccccc1. The molecule has 100 valence electrons. The molecule has 2 aromatic rings. The Kier molecular flexibility index (Phi) is 2.93. The first-order valence-electron chi connectivity index (χ1n) is 6.07. The Morgan fingerprint density at radius 2 is 1.79 bits per heavy atom. The molecule has 0 spiro atoms. The number of aromatic nitrogens is 1. The standard InChI is InChI=1S/C13H15N3O2S/c14-19(17,18)16-10-9-15-8-4-7-12(15)13(16)11-5-2-1-3-6-11/h1-8,13H,9-10H2,(H2,14,17,18). The summed E-state index contributed by atoms with van der Waals surface area (Å²) in [4.78, 5) is 0. The van der Waals surface area contributed by atoms with Gasteiger partial charge in [0.05, 0.1) is 6.04 Å². The van der Waals surface area contributed by atoms with E-state index in [1.165, 1.54) is 4.31 Å². The minimum Gasteiger partial charge on any atom is -0.348 e. The number of benzene rings is 1. The van der Waals surface area contributed by atoms with Crippen molar-refractivity contribution in [2.75, 3.05) is 6.54 Å². The first-order chi connectivity index (χ1) is 9.07. The molecule has 1 aliphatic heterocycles. The summed E-state index contributed by atoms with van der Waals surface area (Å²) in [5.41, 5.74) is 1.88. The molecule has 3 rings (SSSR count). The maximum Gasteiger partial charge on any atom is 0.277 e. The zero-order chi connectivity index (χ0) is 13.5. The van der Waals surface area contributed by atoms with Gasteiger partial charge in [0.1, 0.15) is 0 Å². The lowest BCUT2D eigenvalue weighted by Gasteiger charge is -2.35. The summed E-state index contributed by atoms with van der Waals surface area (Å²) in [6.45, 7) is 1.02. The van der Waals surface area contributed by atoms with E-state index in [1.54, 1.807) is 0 Å². The Morgan fingerprint density at radius 3 is 2.47 bits per heavy atom. The lowest BCUT2D eigenvalue weighted by Crippen LogP contribution is -2.45. The highest BCUT2D eigenvalue weighted by molar-refractivity contribution is 7.86. The number of hydrogen-bond acceptors (Lipinski definition) is 2. The van der Waals surface area contributed by atoms with Gasteiger partial charge in [-0.1, -0.05) is 30.3 Å². The molecule has 1 aliphatic rings. The van der Waals surface area contributed by atoms with Crippen LogP contribution in [0.15, 0.2) is 48.7 Å². The Balaban J connectivity index is 2.15. The van der Waals surface area contributed by atoms with Crippen molar-refractivity contribution >= 4 is 10.2 Å². The van der Waals surface area contributed by atoms with Crippen LogP contribution in [0, 0.1) is 0 Å². The second-order valence-corrected chi connectivity index (χ2v) is 6.09. The highest BCUT2D eigenvalue weighted by Gasteiger charge is 2.34. The van der Waals surface area contributed by atoms with Gasteiger partial charge in [0, 0.05) is 25.0 Å². The van der Waals surface area contributed by atoms with E-state index in [2.05, 4.69) is 4.57 Å². The lowest BCUT2D eigenvalue weighted by atomic mass is 10.0. The maximum absolute atomic E-state index is 11.8. The Bertz CT molecular complexity index is 679. The fourth-order valence-corrected chi connectivity index (χ4v) is 3.47. The molecule has 2 N–H and O–H groups in total. The lowest BCUT2D eigenvalue weighted by molar-refractivity contribution is 0.298. The van der Waals surface area contributed by atoms with Crippen LogP contribution in [0.2, 0.25) is 0 Å². The first kappa shape index (κ1) is 12.4. The van der Waals surface area contributed by atoms with Crippen LogP contribution in [0.1, 0.15) is 17.3 Å². The monoisotopic (exact) mass is 277 g/mol. The second-order valence-electron chi connectivity index (χ2n) is 4.60. The number of nitrogens with zero attached hydrogens (tertiary/aromatic N) is 2. The molecule has 0 saturated carbocycles. The quantitative estimate of drug-likeness (QED) is 0.893. The number of fused-ring (bicyclic) bond motifs is 1. The average Bonchev–Trinajstić information content (AvgIpc) is 2.85. The molecule has 0 fully saturated rings. The largest absolute Gasteiger partial charge is 0.348 e. The van der Waals surface area contributed by atoms with Gasteiger partial charge in [-0.2, -0.15) is 12.7 Å². The zero-order valence-corrected chi connectivity index (χ0v) is 11.1. The predicted molar refractivity (Wildman–Crippen MR) is 72.5 cm³/mol. The molecular formula is C13H15N3O2S. The molecule has 5 nitrogen and oxygen atoms in total. The molecule has 0 bridgehead atoms. The summed E-state index contributed by atoms with van der Waals surface area (Å²) in [6.07, 6.45) is 1.96. The Morgan fingerprint density at radius 1 is 1.05 bits per heavy atom. The summed E-state index contributed by atoms with van der Waals surface area (Å²) < 4.78 is 27.0. The van der Waals surface area contributed by atoms with Crippen molar-refractivity contribution in [1.29, 1.82) is 0 Å². The van der Waals surface area contributed by atoms with Gasteiger partial charge in [0.2, 0.25) is 0 Å². The van der Waals surface area contributed by atoms with E-state index < -0.39 is 10.2 Å². The molecule has 0 radical (unpaired) electrons. The molecule has 19 heavy (non-hydrogen) atoms. The van der Waals surface area contributed by atoms with Crippen LogP contribution >= 0.6 is 0 Å². The van der Waals surface area contributed by atoms with Gasteiger partial charge in [-0.3, -0.25) is 0 Å². The molecule has 0 saturated heterocycles. The van der Waals surface area contributed by atoms with Gasteiger partial charge in [-0.25, -0.2) is 5.14 Å². The van der Waals surface area contributed by atoms with Crippen molar-refractivity contribution in [3.05, 3.63) is 59.9 Å². The van der Waals surface area contributed by atoms with Gasteiger partial charge in [-0.15, -0.1) is 0 Å². The van der Waals surface area contributed by atoms with E-state index in [0.29, 0.717) is 13.1 Å². The van der Waals surface area contributed by atoms with Crippen LogP contribution in [0.4, 0.5) is 0 Å². The van der Waals surface area contributed by atoms with Crippen molar-refractivity contribution in [2.45, 2.75) is 12.6 Å². The molecule has 0 aliphatic carbocycles. The normalized spacial score (nSPS) is 20.2. The molecule has 1 aromatic carbocycles. The second kappa shape index (κ2) is 4.48. The minimum atomic E-state index is -3.72.